The maximum absolute atomic E-state index is 6.09. The van der Waals surface area contributed by atoms with Gasteiger partial charge in [-0.15, -0.1) is 0 Å². The van der Waals surface area contributed by atoms with Gasteiger partial charge in [-0.05, 0) is 12.1 Å². The van der Waals surface area contributed by atoms with Crippen molar-refractivity contribution in [1.29, 1.82) is 0 Å². The molecule has 0 aliphatic rings. The van der Waals surface area contributed by atoms with Gasteiger partial charge in [-0.25, -0.2) is 0 Å². The van der Waals surface area contributed by atoms with E-state index in [2.05, 4.69) is 4.98 Å². The molecule has 0 atom stereocenters. The van der Waals surface area contributed by atoms with E-state index in [-0.39, 0.29) is 0 Å². The minimum Gasteiger partial charge on any atom is -0.487 e. The molecular weight excluding hydrogens is 271 g/mol. The molecule has 1 heterocycles. The van der Waals surface area contributed by atoms with Crippen LogP contribution in [0.2, 0.25) is 10.0 Å². The standard InChI is InChI=1S/C13H12Cl2N2O/c14-11-3-1-2-9(6-16)13(11)18-8-10-4-5-17-7-12(10)15/h1-5,7H,6,8,16H2. The first kappa shape index (κ1) is 13.1. The molecule has 0 spiro atoms. The lowest BCUT2D eigenvalue weighted by molar-refractivity contribution is 0.303. The highest BCUT2D eigenvalue weighted by atomic mass is 35.5. The second-order valence-electron chi connectivity index (χ2n) is 3.69. The van der Waals surface area contributed by atoms with Crippen molar-refractivity contribution >= 4 is 23.2 Å². The SMILES string of the molecule is NCc1cccc(Cl)c1OCc1ccncc1Cl. The van der Waals surface area contributed by atoms with Crippen LogP contribution in [-0.2, 0) is 13.2 Å². The molecule has 0 fully saturated rings. The molecule has 0 aliphatic heterocycles. The maximum Gasteiger partial charge on any atom is 0.142 e. The Morgan fingerprint density at radius 3 is 2.67 bits per heavy atom. The van der Waals surface area contributed by atoms with E-state index in [1.54, 1.807) is 24.5 Å². The van der Waals surface area contributed by atoms with Gasteiger partial charge in [-0.2, -0.15) is 0 Å². The van der Waals surface area contributed by atoms with Gasteiger partial charge in [0, 0.05) is 30.1 Å². The van der Waals surface area contributed by atoms with Gasteiger partial charge >= 0.3 is 0 Å². The Bertz CT molecular complexity index is 546. The van der Waals surface area contributed by atoms with E-state index in [1.165, 1.54) is 0 Å². The van der Waals surface area contributed by atoms with E-state index in [1.807, 2.05) is 12.1 Å². The first-order valence-electron chi connectivity index (χ1n) is 5.41. The predicted octanol–water partition coefficient (Wildman–Crippen LogP) is 3.43. The summed E-state index contributed by atoms with van der Waals surface area (Å²) in [5.41, 5.74) is 7.37. The third-order valence-electron chi connectivity index (χ3n) is 2.50. The van der Waals surface area contributed by atoms with Gasteiger partial charge < -0.3 is 10.5 Å². The summed E-state index contributed by atoms with van der Waals surface area (Å²) < 4.78 is 5.70. The molecule has 0 bridgehead atoms. The van der Waals surface area contributed by atoms with E-state index < -0.39 is 0 Å². The lowest BCUT2D eigenvalue weighted by Crippen LogP contribution is -2.03. The number of hydrogen-bond acceptors (Lipinski definition) is 3. The van der Waals surface area contributed by atoms with Crippen molar-refractivity contribution in [3.8, 4) is 5.75 Å². The quantitative estimate of drug-likeness (QED) is 0.935. The van der Waals surface area contributed by atoms with Crippen molar-refractivity contribution in [2.75, 3.05) is 0 Å². The number of pyridine rings is 1. The molecule has 94 valence electrons. The number of aromatic nitrogens is 1. The summed E-state index contributed by atoms with van der Waals surface area (Å²) in [6.45, 7) is 0.706. The molecule has 2 aromatic rings. The fourth-order valence-corrected chi connectivity index (χ4v) is 1.97. The molecular formula is C13H12Cl2N2O. The highest BCUT2D eigenvalue weighted by Crippen LogP contribution is 2.29. The van der Waals surface area contributed by atoms with Crippen molar-refractivity contribution in [2.24, 2.45) is 5.73 Å². The Morgan fingerprint density at radius 1 is 1.11 bits per heavy atom. The summed E-state index contributed by atoms with van der Waals surface area (Å²) in [6, 6.07) is 7.30. The predicted molar refractivity (Wildman–Crippen MR) is 72.9 cm³/mol. The minimum absolute atomic E-state index is 0.331. The van der Waals surface area contributed by atoms with Crippen LogP contribution in [0.5, 0.6) is 5.75 Å². The highest BCUT2D eigenvalue weighted by Gasteiger charge is 2.08. The molecule has 18 heavy (non-hydrogen) atoms. The molecule has 0 radical (unpaired) electrons. The fourth-order valence-electron chi connectivity index (χ4n) is 1.55. The first-order chi connectivity index (χ1) is 8.72. The number of nitrogens with zero attached hydrogens (tertiary/aromatic N) is 1. The van der Waals surface area contributed by atoms with E-state index >= 15 is 0 Å². The van der Waals surface area contributed by atoms with Gasteiger partial charge in [0.05, 0.1) is 10.0 Å². The number of para-hydroxylation sites is 1. The summed E-state index contributed by atoms with van der Waals surface area (Å²) in [5, 5.41) is 1.11. The molecule has 1 aromatic carbocycles. The maximum atomic E-state index is 6.09. The summed E-state index contributed by atoms with van der Waals surface area (Å²) in [5.74, 6) is 0.606. The zero-order chi connectivity index (χ0) is 13.0. The number of nitrogens with two attached hydrogens (primary N) is 1. The molecule has 0 amide bonds. The Labute approximate surface area is 115 Å². The van der Waals surface area contributed by atoms with Crippen LogP contribution in [0.4, 0.5) is 0 Å². The van der Waals surface area contributed by atoms with Crippen molar-refractivity contribution < 1.29 is 4.74 Å². The van der Waals surface area contributed by atoms with Crippen molar-refractivity contribution in [3.63, 3.8) is 0 Å². The molecule has 0 aliphatic carbocycles. The third kappa shape index (κ3) is 2.93. The lowest BCUT2D eigenvalue weighted by atomic mass is 10.2. The van der Waals surface area contributed by atoms with Crippen molar-refractivity contribution in [3.05, 3.63) is 57.8 Å². The van der Waals surface area contributed by atoms with Crippen LogP contribution in [0, 0.1) is 0 Å². The number of halogens is 2. The van der Waals surface area contributed by atoms with Crippen LogP contribution < -0.4 is 10.5 Å². The zero-order valence-corrected chi connectivity index (χ0v) is 11.1. The van der Waals surface area contributed by atoms with Crippen LogP contribution >= 0.6 is 23.2 Å². The lowest BCUT2D eigenvalue weighted by Gasteiger charge is -2.12. The van der Waals surface area contributed by atoms with Gasteiger partial charge in [-0.1, -0.05) is 35.3 Å². The fraction of sp³-hybridized carbons (Fsp3) is 0.154. The van der Waals surface area contributed by atoms with Crippen molar-refractivity contribution in [2.45, 2.75) is 13.2 Å². The summed E-state index contributed by atoms with van der Waals surface area (Å²) >= 11 is 12.1. The third-order valence-corrected chi connectivity index (χ3v) is 3.13. The van der Waals surface area contributed by atoms with Crippen LogP contribution in [-0.4, -0.2) is 4.98 Å². The summed E-state index contributed by atoms with van der Waals surface area (Å²) in [7, 11) is 0. The molecule has 3 nitrogen and oxygen atoms in total. The second-order valence-corrected chi connectivity index (χ2v) is 4.50. The van der Waals surface area contributed by atoms with Crippen LogP contribution in [0.1, 0.15) is 11.1 Å². The second kappa shape index (κ2) is 6.05. The van der Waals surface area contributed by atoms with E-state index in [0.29, 0.717) is 28.9 Å². The molecule has 5 heteroatoms. The largest absolute Gasteiger partial charge is 0.487 e. The molecule has 1 aromatic heterocycles. The number of ether oxygens (including phenoxy) is 1. The first-order valence-corrected chi connectivity index (χ1v) is 6.16. The average Bonchev–Trinajstić information content (AvgIpc) is 2.39. The van der Waals surface area contributed by atoms with Crippen LogP contribution in [0.15, 0.2) is 36.7 Å². The smallest absolute Gasteiger partial charge is 0.142 e. The Kier molecular flexibility index (Phi) is 4.42. The average molecular weight is 283 g/mol. The number of benzene rings is 1. The van der Waals surface area contributed by atoms with E-state index in [4.69, 9.17) is 33.7 Å². The molecule has 2 rings (SSSR count). The normalized spacial score (nSPS) is 10.4. The van der Waals surface area contributed by atoms with E-state index in [9.17, 15) is 0 Å². The minimum atomic E-state index is 0.331. The molecule has 0 saturated carbocycles. The van der Waals surface area contributed by atoms with Crippen molar-refractivity contribution in [1.82, 2.24) is 4.98 Å². The summed E-state index contributed by atoms with van der Waals surface area (Å²) in [6.07, 6.45) is 3.25. The molecule has 0 saturated heterocycles. The Balaban J connectivity index is 2.18. The van der Waals surface area contributed by atoms with Crippen LogP contribution in [0.25, 0.3) is 0 Å². The topological polar surface area (TPSA) is 48.1 Å². The Morgan fingerprint density at radius 2 is 1.94 bits per heavy atom. The van der Waals surface area contributed by atoms with Gasteiger partial charge in [0.25, 0.3) is 0 Å². The summed E-state index contributed by atoms with van der Waals surface area (Å²) in [4.78, 5) is 3.92. The number of hydrogen-bond donors (Lipinski definition) is 1. The molecule has 0 unspecified atom stereocenters. The van der Waals surface area contributed by atoms with Gasteiger partial charge in [0.1, 0.15) is 12.4 Å². The van der Waals surface area contributed by atoms with Gasteiger partial charge in [0.15, 0.2) is 0 Å². The van der Waals surface area contributed by atoms with E-state index in [0.717, 1.165) is 11.1 Å². The molecule has 2 N–H and O–H groups in total. The Hall–Kier alpha value is -1.29. The zero-order valence-electron chi connectivity index (χ0n) is 9.57. The highest BCUT2D eigenvalue weighted by molar-refractivity contribution is 6.32. The number of rotatable bonds is 4. The monoisotopic (exact) mass is 282 g/mol. The van der Waals surface area contributed by atoms with Crippen LogP contribution in [0.3, 0.4) is 0 Å². The van der Waals surface area contributed by atoms with Gasteiger partial charge in [-0.3, -0.25) is 4.98 Å². The van der Waals surface area contributed by atoms with Gasteiger partial charge in [0.2, 0.25) is 0 Å².